The largest absolute Gasteiger partial charge is 0.393 e. The fourth-order valence-corrected chi connectivity index (χ4v) is 3.32. The molecule has 0 amide bonds. The van der Waals surface area contributed by atoms with Crippen molar-refractivity contribution in [3.05, 3.63) is 17.0 Å². The molecule has 2 fully saturated rings. The van der Waals surface area contributed by atoms with Crippen LogP contribution in [0.5, 0.6) is 0 Å². The average molecular weight is 254 g/mol. The van der Waals surface area contributed by atoms with Crippen LogP contribution in [-0.2, 0) is 0 Å². The Morgan fingerprint density at radius 3 is 2.88 bits per heavy atom. The summed E-state index contributed by atoms with van der Waals surface area (Å²) in [7, 11) is 0. The van der Waals surface area contributed by atoms with Crippen LogP contribution in [0.25, 0.3) is 0 Å². The molecular formula is C12H16ClN3O. The van der Waals surface area contributed by atoms with E-state index in [1.807, 2.05) is 13.0 Å². The van der Waals surface area contributed by atoms with Gasteiger partial charge in [0.1, 0.15) is 5.82 Å². The number of aromatic nitrogens is 2. The summed E-state index contributed by atoms with van der Waals surface area (Å²) in [6.45, 7) is 3.79. The molecule has 3 unspecified atom stereocenters. The first-order chi connectivity index (χ1) is 8.13. The van der Waals surface area contributed by atoms with Crippen LogP contribution in [0.1, 0.15) is 18.5 Å². The number of hydrogen-bond acceptors (Lipinski definition) is 4. The number of aliphatic hydroxyl groups is 1. The Bertz CT molecular complexity index is 420. The first-order valence-electron chi connectivity index (χ1n) is 6.07. The van der Waals surface area contributed by atoms with E-state index in [2.05, 4.69) is 14.9 Å². The number of aryl methyl sites for hydroxylation is 1. The van der Waals surface area contributed by atoms with Crippen molar-refractivity contribution >= 4 is 17.4 Å². The Labute approximate surface area is 106 Å². The van der Waals surface area contributed by atoms with Crippen LogP contribution in [0.15, 0.2) is 6.07 Å². The van der Waals surface area contributed by atoms with Gasteiger partial charge in [-0.2, -0.15) is 0 Å². The van der Waals surface area contributed by atoms with Gasteiger partial charge in [0.15, 0.2) is 0 Å². The van der Waals surface area contributed by atoms with E-state index in [1.54, 1.807) is 0 Å². The van der Waals surface area contributed by atoms with Crippen molar-refractivity contribution in [1.82, 2.24) is 9.97 Å². The van der Waals surface area contributed by atoms with Crippen LogP contribution in [0.4, 0.5) is 5.82 Å². The highest BCUT2D eigenvalue weighted by atomic mass is 35.5. The maximum Gasteiger partial charge on any atom is 0.224 e. The summed E-state index contributed by atoms with van der Waals surface area (Å²) < 4.78 is 0. The number of anilines is 1. The molecule has 0 spiro atoms. The molecular weight excluding hydrogens is 238 g/mol. The second-order valence-corrected chi connectivity index (χ2v) is 5.45. The van der Waals surface area contributed by atoms with E-state index in [1.165, 1.54) is 0 Å². The zero-order valence-electron chi connectivity index (χ0n) is 9.80. The van der Waals surface area contributed by atoms with Gasteiger partial charge in [-0.15, -0.1) is 0 Å². The van der Waals surface area contributed by atoms with Gasteiger partial charge in [-0.1, -0.05) is 0 Å². The Morgan fingerprint density at radius 2 is 2.18 bits per heavy atom. The first-order valence-corrected chi connectivity index (χ1v) is 6.45. The lowest BCUT2D eigenvalue weighted by Gasteiger charge is -2.19. The molecule has 2 heterocycles. The second-order valence-electron chi connectivity index (χ2n) is 5.11. The summed E-state index contributed by atoms with van der Waals surface area (Å²) in [6.07, 6.45) is 1.94. The van der Waals surface area contributed by atoms with Gasteiger partial charge in [-0.25, -0.2) is 9.97 Å². The Kier molecular flexibility index (Phi) is 2.71. The highest BCUT2D eigenvalue weighted by molar-refractivity contribution is 6.28. The van der Waals surface area contributed by atoms with Crippen molar-refractivity contribution in [3.8, 4) is 0 Å². The summed E-state index contributed by atoms with van der Waals surface area (Å²) in [5, 5.41) is 10.2. The Hall–Kier alpha value is -0.870. The van der Waals surface area contributed by atoms with Crippen LogP contribution in [-0.4, -0.2) is 34.3 Å². The number of fused-ring (bicyclic) bond motifs is 1. The number of halogens is 1. The SMILES string of the molecule is Cc1cc(N2CC3CCC(O)C3C2)nc(Cl)n1. The summed E-state index contributed by atoms with van der Waals surface area (Å²) in [4.78, 5) is 10.6. The van der Waals surface area contributed by atoms with E-state index < -0.39 is 0 Å². The van der Waals surface area contributed by atoms with Gasteiger partial charge < -0.3 is 10.0 Å². The van der Waals surface area contributed by atoms with Crippen LogP contribution in [0.3, 0.4) is 0 Å². The number of hydrogen-bond donors (Lipinski definition) is 1. The monoisotopic (exact) mass is 253 g/mol. The van der Waals surface area contributed by atoms with Gasteiger partial charge in [-0.05, 0) is 37.3 Å². The van der Waals surface area contributed by atoms with Gasteiger partial charge in [0.25, 0.3) is 0 Å². The molecule has 1 saturated heterocycles. The molecule has 1 aromatic rings. The van der Waals surface area contributed by atoms with Crippen molar-refractivity contribution < 1.29 is 5.11 Å². The quantitative estimate of drug-likeness (QED) is 0.774. The van der Waals surface area contributed by atoms with Crippen molar-refractivity contribution in [2.75, 3.05) is 18.0 Å². The normalized spacial score (nSPS) is 31.9. The molecule has 0 bridgehead atoms. The molecule has 4 nitrogen and oxygen atoms in total. The van der Waals surface area contributed by atoms with Crippen LogP contribution in [0, 0.1) is 18.8 Å². The van der Waals surface area contributed by atoms with E-state index in [-0.39, 0.29) is 6.10 Å². The van der Waals surface area contributed by atoms with E-state index in [9.17, 15) is 5.11 Å². The van der Waals surface area contributed by atoms with Gasteiger partial charge in [-0.3, -0.25) is 0 Å². The molecule has 1 aromatic heterocycles. The third kappa shape index (κ3) is 2.00. The Morgan fingerprint density at radius 1 is 1.35 bits per heavy atom. The van der Waals surface area contributed by atoms with E-state index >= 15 is 0 Å². The minimum Gasteiger partial charge on any atom is -0.393 e. The molecule has 5 heteroatoms. The molecule has 3 rings (SSSR count). The molecule has 2 aliphatic rings. The van der Waals surface area contributed by atoms with Gasteiger partial charge >= 0.3 is 0 Å². The third-order valence-electron chi connectivity index (χ3n) is 3.96. The maximum atomic E-state index is 9.89. The molecule has 1 N–H and O–H groups in total. The summed E-state index contributed by atoms with van der Waals surface area (Å²) >= 11 is 5.88. The second kappa shape index (κ2) is 4.10. The van der Waals surface area contributed by atoms with Gasteiger partial charge in [0.05, 0.1) is 6.10 Å². The summed E-state index contributed by atoms with van der Waals surface area (Å²) in [5.41, 5.74) is 0.887. The van der Waals surface area contributed by atoms with E-state index in [4.69, 9.17) is 11.6 Å². The fraction of sp³-hybridized carbons (Fsp3) is 0.667. The fourth-order valence-electron chi connectivity index (χ4n) is 3.10. The van der Waals surface area contributed by atoms with Crippen molar-refractivity contribution in [3.63, 3.8) is 0 Å². The van der Waals surface area contributed by atoms with E-state index in [0.29, 0.717) is 17.1 Å². The minimum atomic E-state index is -0.136. The average Bonchev–Trinajstić information content (AvgIpc) is 2.80. The summed E-state index contributed by atoms with van der Waals surface area (Å²) in [5.74, 6) is 1.91. The van der Waals surface area contributed by atoms with Crippen molar-refractivity contribution in [2.24, 2.45) is 11.8 Å². The molecule has 0 radical (unpaired) electrons. The lowest BCUT2D eigenvalue weighted by molar-refractivity contribution is 0.133. The lowest BCUT2D eigenvalue weighted by Crippen LogP contribution is -2.25. The first kappa shape index (κ1) is 11.2. The highest BCUT2D eigenvalue weighted by Gasteiger charge is 2.42. The predicted octanol–water partition coefficient (Wildman–Crippen LogP) is 1.65. The van der Waals surface area contributed by atoms with Gasteiger partial charge in [0.2, 0.25) is 5.28 Å². The third-order valence-corrected chi connectivity index (χ3v) is 4.13. The smallest absolute Gasteiger partial charge is 0.224 e. The molecule has 0 aromatic carbocycles. The minimum absolute atomic E-state index is 0.136. The number of rotatable bonds is 1. The lowest BCUT2D eigenvalue weighted by atomic mass is 10.00. The number of nitrogens with zero attached hydrogens (tertiary/aromatic N) is 3. The highest BCUT2D eigenvalue weighted by Crippen LogP contribution is 2.39. The molecule has 1 aliphatic carbocycles. The van der Waals surface area contributed by atoms with Crippen LogP contribution >= 0.6 is 11.6 Å². The Balaban J connectivity index is 1.82. The van der Waals surface area contributed by atoms with Crippen molar-refractivity contribution in [1.29, 1.82) is 0 Å². The predicted molar refractivity (Wildman–Crippen MR) is 66.2 cm³/mol. The number of aliphatic hydroxyl groups excluding tert-OH is 1. The zero-order chi connectivity index (χ0) is 12.0. The molecule has 3 atom stereocenters. The van der Waals surface area contributed by atoms with E-state index in [0.717, 1.165) is 37.4 Å². The van der Waals surface area contributed by atoms with Crippen LogP contribution < -0.4 is 4.90 Å². The summed E-state index contributed by atoms with van der Waals surface area (Å²) in [6, 6.07) is 1.96. The zero-order valence-corrected chi connectivity index (χ0v) is 10.6. The van der Waals surface area contributed by atoms with Crippen LogP contribution in [0.2, 0.25) is 5.28 Å². The standard InChI is InChI=1S/C12H16ClN3O/c1-7-4-11(15-12(13)14-7)16-5-8-2-3-10(17)9(8)6-16/h4,8-10,17H,2-3,5-6H2,1H3. The molecule has 1 saturated carbocycles. The molecule has 1 aliphatic heterocycles. The van der Waals surface area contributed by atoms with Crippen molar-refractivity contribution in [2.45, 2.75) is 25.9 Å². The maximum absolute atomic E-state index is 9.89. The topological polar surface area (TPSA) is 49.2 Å². The molecule has 92 valence electrons. The molecule has 17 heavy (non-hydrogen) atoms. The van der Waals surface area contributed by atoms with Gasteiger partial charge in [0, 0.05) is 30.8 Å².